The molecule has 3 saturated heterocycles. The Labute approximate surface area is 238 Å². The third-order valence-electron chi connectivity index (χ3n) is 8.33. The number of hydrogen-bond donors (Lipinski definition) is 2. The van der Waals surface area contributed by atoms with Crippen molar-refractivity contribution in [3.63, 3.8) is 0 Å². The van der Waals surface area contributed by atoms with Crippen LogP contribution in [-0.4, -0.2) is 94.7 Å². The first-order valence-electron chi connectivity index (χ1n) is 14.7. The van der Waals surface area contributed by atoms with E-state index in [4.69, 9.17) is 14.6 Å². The molecule has 0 aromatic carbocycles. The Bertz CT molecular complexity index is 954. The van der Waals surface area contributed by atoms with Crippen molar-refractivity contribution in [3.8, 4) is 0 Å². The predicted molar refractivity (Wildman–Crippen MR) is 150 cm³/mol. The Morgan fingerprint density at radius 2 is 1.93 bits per heavy atom. The van der Waals surface area contributed by atoms with Gasteiger partial charge in [0, 0.05) is 32.2 Å². The second kappa shape index (κ2) is 14.3. The van der Waals surface area contributed by atoms with Gasteiger partial charge in [-0.1, -0.05) is 25.0 Å². The highest BCUT2D eigenvalue weighted by molar-refractivity contribution is 5.98. The number of ether oxygens (including phenoxy) is 2. The Kier molecular flexibility index (Phi) is 11.3. The zero-order valence-corrected chi connectivity index (χ0v) is 24.3. The number of nitrogens with zero attached hydrogens (tertiary/aromatic N) is 2. The maximum absolute atomic E-state index is 14.1. The monoisotopic (exact) mass is 561 g/mol. The minimum absolute atomic E-state index is 0.107. The summed E-state index contributed by atoms with van der Waals surface area (Å²) in [7, 11) is 0. The molecule has 224 valence electrons. The highest BCUT2D eigenvalue weighted by Crippen LogP contribution is 2.59. The van der Waals surface area contributed by atoms with E-state index in [0.29, 0.717) is 51.6 Å². The fraction of sp³-hybridized carbons (Fsp3) is 0.733. The molecule has 1 spiro atoms. The largest absolute Gasteiger partial charge is 0.460 e. The number of aliphatic hydroxyl groups excluding tert-OH is 1. The Morgan fingerprint density at radius 1 is 1.20 bits per heavy atom. The van der Waals surface area contributed by atoms with Crippen molar-refractivity contribution in [3.05, 3.63) is 25.3 Å². The van der Waals surface area contributed by atoms with Crippen LogP contribution in [0.4, 0.5) is 0 Å². The number of nitrogens with one attached hydrogen (secondary N) is 1. The van der Waals surface area contributed by atoms with Crippen molar-refractivity contribution >= 4 is 23.7 Å². The number of unbranched alkanes of at least 4 members (excludes halogenated alkanes) is 3. The van der Waals surface area contributed by atoms with Crippen molar-refractivity contribution < 1.29 is 33.8 Å². The summed E-state index contributed by atoms with van der Waals surface area (Å²) in [5.41, 5.74) is -1.08. The van der Waals surface area contributed by atoms with Crippen LogP contribution in [0.5, 0.6) is 0 Å². The highest BCUT2D eigenvalue weighted by Gasteiger charge is 2.75. The van der Waals surface area contributed by atoms with Gasteiger partial charge in [-0.05, 0) is 52.9 Å². The smallest absolute Gasteiger partial charge is 0.312 e. The number of amides is 3. The molecule has 3 rings (SSSR count). The molecule has 10 heteroatoms. The molecule has 6 atom stereocenters. The van der Waals surface area contributed by atoms with Crippen molar-refractivity contribution in [2.24, 2.45) is 11.8 Å². The molecule has 3 heterocycles. The molecule has 10 nitrogen and oxygen atoms in total. The number of aliphatic hydroxyl groups is 1. The Hall–Kier alpha value is -2.72. The second-order valence-electron chi connectivity index (χ2n) is 11.5. The topological polar surface area (TPSA) is 125 Å². The maximum Gasteiger partial charge on any atom is 0.312 e. The molecule has 3 aliphatic rings. The summed E-state index contributed by atoms with van der Waals surface area (Å²) in [5, 5.41) is 11.9. The number of rotatable bonds is 17. The predicted octanol–water partition coefficient (Wildman–Crippen LogP) is 2.35. The van der Waals surface area contributed by atoms with Gasteiger partial charge in [-0.3, -0.25) is 19.2 Å². The summed E-state index contributed by atoms with van der Waals surface area (Å²) in [4.78, 5) is 56.9. The van der Waals surface area contributed by atoms with Crippen LogP contribution in [0.2, 0.25) is 0 Å². The van der Waals surface area contributed by atoms with E-state index in [9.17, 15) is 19.2 Å². The molecule has 2 N–H and O–H groups in total. The summed E-state index contributed by atoms with van der Waals surface area (Å²) < 4.78 is 12.2. The molecule has 0 unspecified atom stereocenters. The first-order valence-corrected chi connectivity index (χ1v) is 14.7. The molecule has 3 amide bonds. The minimum atomic E-state index is -1.08. The second-order valence-corrected chi connectivity index (χ2v) is 11.5. The van der Waals surface area contributed by atoms with Gasteiger partial charge in [0.15, 0.2) is 0 Å². The van der Waals surface area contributed by atoms with E-state index >= 15 is 0 Å². The lowest BCUT2D eigenvalue weighted by Gasteiger charge is -2.38. The van der Waals surface area contributed by atoms with E-state index in [0.717, 1.165) is 12.8 Å². The van der Waals surface area contributed by atoms with Crippen LogP contribution >= 0.6 is 0 Å². The summed E-state index contributed by atoms with van der Waals surface area (Å²) in [5.74, 6) is -2.70. The molecule has 0 aliphatic carbocycles. The van der Waals surface area contributed by atoms with Crippen molar-refractivity contribution in [2.75, 3.05) is 26.2 Å². The van der Waals surface area contributed by atoms with E-state index in [-0.39, 0.29) is 36.9 Å². The number of likely N-dealkylation sites (tertiary alicyclic amines) is 1. The number of hydrogen-bond acceptors (Lipinski definition) is 7. The van der Waals surface area contributed by atoms with Crippen molar-refractivity contribution in [1.29, 1.82) is 0 Å². The average molecular weight is 562 g/mol. The molecule has 3 fully saturated rings. The van der Waals surface area contributed by atoms with Crippen LogP contribution in [0.1, 0.15) is 72.1 Å². The van der Waals surface area contributed by atoms with Crippen LogP contribution in [0, 0.1) is 11.8 Å². The first kappa shape index (κ1) is 31.8. The summed E-state index contributed by atoms with van der Waals surface area (Å²) in [6.45, 7) is 14.0. The van der Waals surface area contributed by atoms with Crippen LogP contribution in [-0.2, 0) is 28.7 Å². The summed E-state index contributed by atoms with van der Waals surface area (Å²) in [6, 6.07) is -0.932. The molecular weight excluding hydrogens is 514 g/mol. The van der Waals surface area contributed by atoms with Gasteiger partial charge in [-0.2, -0.15) is 0 Å². The van der Waals surface area contributed by atoms with Gasteiger partial charge in [0.1, 0.15) is 17.7 Å². The SMILES string of the molecule is C=CCCC(=O)NC[C@H](C)OC(=O)[C@@H]1[C@@H]2CC[C@]3(O2)[C@H](C(=O)N(CC=C)C(C)C)N(CCCCCCO)C(=O)[C@@H]13. The first-order chi connectivity index (χ1) is 19.1. The molecule has 40 heavy (non-hydrogen) atoms. The third kappa shape index (κ3) is 6.60. The van der Waals surface area contributed by atoms with Crippen molar-refractivity contribution in [2.45, 2.75) is 102 Å². The fourth-order valence-electron chi connectivity index (χ4n) is 6.44. The summed E-state index contributed by atoms with van der Waals surface area (Å²) in [6.07, 6.45) is 7.23. The van der Waals surface area contributed by atoms with E-state index in [1.54, 1.807) is 28.9 Å². The van der Waals surface area contributed by atoms with E-state index in [2.05, 4.69) is 18.5 Å². The normalized spacial score (nSPS) is 27.4. The number of esters is 1. The lowest BCUT2D eigenvalue weighted by atomic mass is 9.70. The van der Waals surface area contributed by atoms with Crippen LogP contribution in [0.25, 0.3) is 0 Å². The highest BCUT2D eigenvalue weighted by atomic mass is 16.6. The van der Waals surface area contributed by atoms with Gasteiger partial charge in [0.25, 0.3) is 0 Å². The number of fused-ring (bicyclic) bond motifs is 1. The number of carbonyl (C=O) groups excluding carboxylic acids is 4. The molecule has 0 aromatic heterocycles. The number of allylic oxidation sites excluding steroid dienone is 1. The van der Waals surface area contributed by atoms with Gasteiger partial charge in [-0.25, -0.2) is 0 Å². The summed E-state index contributed by atoms with van der Waals surface area (Å²) >= 11 is 0. The van der Waals surface area contributed by atoms with Gasteiger partial charge in [0.05, 0.1) is 24.5 Å². The quantitative estimate of drug-likeness (QED) is 0.159. The molecule has 3 aliphatic heterocycles. The van der Waals surface area contributed by atoms with Gasteiger partial charge in [-0.15, -0.1) is 13.2 Å². The van der Waals surface area contributed by atoms with Crippen LogP contribution in [0.15, 0.2) is 25.3 Å². The van der Waals surface area contributed by atoms with Crippen molar-refractivity contribution in [1.82, 2.24) is 15.1 Å². The Morgan fingerprint density at radius 3 is 2.58 bits per heavy atom. The fourth-order valence-corrected chi connectivity index (χ4v) is 6.44. The zero-order chi connectivity index (χ0) is 29.4. The van der Waals surface area contributed by atoms with E-state index in [1.807, 2.05) is 13.8 Å². The molecule has 0 aromatic rings. The maximum atomic E-state index is 14.1. The molecule has 2 bridgehead atoms. The van der Waals surface area contributed by atoms with Crippen LogP contribution in [0.3, 0.4) is 0 Å². The van der Waals surface area contributed by atoms with Gasteiger partial charge < -0.3 is 29.7 Å². The Balaban J connectivity index is 1.81. The molecule has 0 radical (unpaired) electrons. The van der Waals surface area contributed by atoms with Gasteiger partial charge >= 0.3 is 5.97 Å². The zero-order valence-electron chi connectivity index (χ0n) is 24.3. The lowest BCUT2D eigenvalue weighted by Crippen LogP contribution is -2.57. The van der Waals surface area contributed by atoms with E-state index < -0.39 is 41.7 Å². The number of carbonyl (C=O) groups is 4. The standard InChI is InChI=1S/C30H47N3O7/c1-6-8-13-23(35)31-19-21(5)39-29(38)24-22-14-15-30(40-22)25(24)27(36)33(17-11-9-10-12-18-34)26(30)28(37)32(16-7-2)20(3)4/h6-7,20-22,24-26,34H,1-2,8-19H2,3-5H3,(H,31,35)/t21-,22-,24+,25+,26-,30+/m0/s1. The third-order valence-corrected chi connectivity index (χ3v) is 8.33. The van der Waals surface area contributed by atoms with Crippen LogP contribution < -0.4 is 5.32 Å². The molecule has 0 saturated carbocycles. The average Bonchev–Trinajstić information content (AvgIpc) is 3.56. The van der Waals surface area contributed by atoms with E-state index in [1.165, 1.54) is 0 Å². The lowest BCUT2D eigenvalue weighted by molar-refractivity contribution is -0.159. The van der Waals surface area contributed by atoms with Gasteiger partial charge in [0.2, 0.25) is 17.7 Å². The molecular formula is C30H47N3O7. The minimum Gasteiger partial charge on any atom is -0.460 e.